The van der Waals surface area contributed by atoms with E-state index in [-0.39, 0.29) is 74.0 Å². The van der Waals surface area contributed by atoms with Crippen molar-refractivity contribution in [3.05, 3.63) is 39.3 Å². The van der Waals surface area contributed by atoms with E-state index in [1.807, 2.05) is 5.43 Å². The highest BCUT2D eigenvalue weighted by Crippen LogP contribution is 2.33. The van der Waals surface area contributed by atoms with Gasteiger partial charge in [0.2, 0.25) is 17.7 Å². The summed E-state index contributed by atoms with van der Waals surface area (Å²) in [6.07, 6.45) is -3.77. The van der Waals surface area contributed by atoms with E-state index in [1.54, 1.807) is 13.8 Å². The minimum atomic E-state index is -1.58. The number of hydrogen-bond donors (Lipinski definition) is 8. The fourth-order valence-electron chi connectivity index (χ4n) is 6.39. The molecule has 56 heavy (non-hydrogen) atoms. The summed E-state index contributed by atoms with van der Waals surface area (Å²) in [4.78, 5) is 98.5. The lowest BCUT2D eigenvalue weighted by molar-refractivity contribution is -0.132. The van der Waals surface area contributed by atoms with Crippen LogP contribution in [0.5, 0.6) is 0 Å². The van der Waals surface area contributed by atoms with Gasteiger partial charge >= 0.3 is 11.8 Å². The SMILES string of the molecule is C=CCn1c(=O)n([C@@H]2O[C@H](CO)[C@@H](O)C2OC(=O)N(C)CCNC(=O)[C@H](CCCCN)CC(=O)[C@@H](NC(=O)CCCC(=O)NN)C(C)C)c2nc(C)[nH]c(=O)c21. The van der Waals surface area contributed by atoms with E-state index in [0.29, 0.717) is 25.8 Å². The molecule has 1 aliphatic heterocycles. The summed E-state index contributed by atoms with van der Waals surface area (Å²) in [6, 6.07) is -0.865. The minimum Gasteiger partial charge on any atom is -0.438 e. The van der Waals surface area contributed by atoms with Crippen molar-refractivity contribution >= 4 is 40.8 Å². The van der Waals surface area contributed by atoms with Crippen LogP contribution in [0.15, 0.2) is 22.2 Å². The van der Waals surface area contributed by atoms with Crippen molar-refractivity contribution < 1.29 is 43.7 Å². The molecular weight excluding hydrogens is 736 g/mol. The third kappa shape index (κ3) is 11.5. The number of likely N-dealkylation sites (N-methyl/N-ethyl adjacent to an activating group) is 1. The van der Waals surface area contributed by atoms with Gasteiger partial charge < -0.3 is 45.9 Å². The van der Waals surface area contributed by atoms with E-state index < -0.39 is 78.2 Å². The molecule has 0 saturated carbocycles. The number of ketones is 1. The molecule has 0 aliphatic carbocycles. The molecule has 1 unspecified atom stereocenters. The molecule has 6 atom stereocenters. The van der Waals surface area contributed by atoms with Gasteiger partial charge in [0.25, 0.3) is 5.56 Å². The van der Waals surface area contributed by atoms with Gasteiger partial charge in [-0.3, -0.25) is 34.0 Å². The molecular formula is C35H56N10O11. The second kappa shape index (κ2) is 21.4. The van der Waals surface area contributed by atoms with Gasteiger partial charge in [0.1, 0.15) is 18.0 Å². The molecule has 2 aromatic rings. The average Bonchev–Trinajstić information content (AvgIpc) is 3.60. The maximum atomic E-state index is 13.6. The highest BCUT2D eigenvalue weighted by Gasteiger charge is 2.49. The van der Waals surface area contributed by atoms with Crippen molar-refractivity contribution in [3.8, 4) is 0 Å². The number of nitrogens with zero attached hydrogens (tertiary/aromatic N) is 4. The Morgan fingerprint density at radius 2 is 1.84 bits per heavy atom. The molecule has 21 nitrogen and oxygen atoms in total. The molecule has 3 rings (SSSR count). The van der Waals surface area contributed by atoms with Crippen molar-refractivity contribution in [2.75, 3.05) is 33.3 Å². The fraction of sp³-hybridized carbons (Fsp3) is 0.657. The third-order valence-corrected chi connectivity index (χ3v) is 9.41. The number of aromatic amines is 1. The number of carbonyl (C=O) groups excluding carboxylic acids is 5. The zero-order chi connectivity index (χ0) is 41.7. The zero-order valence-electron chi connectivity index (χ0n) is 32.3. The van der Waals surface area contributed by atoms with Crippen LogP contribution < -0.4 is 38.9 Å². The van der Waals surface area contributed by atoms with Crippen LogP contribution in [-0.4, -0.2) is 121 Å². The molecule has 0 bridgehead atoms. The van der Waals surface area contributed by atoms with E-state index in [2.05, 4.69) is 27.2 Å². The first-order chi connectivity index (χ1) is 26.6. The number of aliphatic hydroxyl groups excluding tert-OH is 2. The molecule has 312 valence electrons. The normalized spacial score (nSPS) is 19.0. The van der Waals surface area contributed by atoms with Gasteiger partial charge in [-0.1, -0.05) is 26.3 Å². The first kappa shape index (κ1) is 45.4. The van der Waals surface area contributed by atoms with E-state index in [1.165, 1.54) is 20.0 Å². The average molecular weight is 793 g/mol. The van der Waals surface area contributed by atoms with Gasteiger partial charge in [-0.05, 0) is 38.6 Å². The number of aromatic nitrogens is 4. The Bertz CT molecular complexity index is 1820. The largest absolute Gasteiger partial charge is 0.438 e. The number of ether oxygens (including phenoxy) is 2. The Morgan fingerprint density at radius 3 is 2.46 bits per heavy atom. The van der Waals surface area contributed by atoms with Crippen LogP contribution in [0.3, 0.4) is 0 Å². The van der Waals surface area contributed by atoms with Crippen LogP contribution in [0.25, 0.3) is 11.2 Å². The smallest absolute Gasteiger partial charge is 0.410 e. The minimum absolute atomic E-state index is 0.00635. The Kier molecular flexibility index (Phi) is 17.3. The van der Waals surface area contributed by atoms with Gasteiger partial charge in [0, 0.05) is 51.9 Å². The van der Waals surface area contributed by atoms with Crippen LogP contribution in [0.4, 0.5) is 4.79 Å². The molecule has 2 aromatic heterocycles. The number of amides is 4. The van der Waals surface area contributed by atoms with Crippen molar-refractivity contribution in [2.45, 2.75) is 103 Å². The van der Waals surface area contributed by atoms with Gasteiger partial charge in [-0.15, -0.1) is 6.58 Å². The number of nitrogens with two attached hydrogens (primary N) is 2. The monoisotopic (exact) mass is 792 g/mol. The number of hydrogen-bond acceptors (Lipinski definition) is 14. The Balaban J connectivity index is 1.69. The summed E-state index contributed by atoms with van der Waals surface area (Å²) in [5.41, 5.74) is 6.09. The fourth-order valence-corrected chi connectivity index (χ4v) is 6.39. The number of Topliss-reactive ketones (excluding diaryl/α,β-unsaturated/α-hetero) is 1. The van der Waals surface area contributed by atoms with Crippen molar-refractivity contribution in [2.24, 2.45) is 23.4 Å². The third-order valence-electron chi connectivity index (χ3n) is 9.41. The molecule has 1 saturated heterocycles. The topological polar surface area (TPSA) is 308 Å². The van der Waals surface area contributed by atoms with E-state index in [9.17, 15) is 43.8 Å². The van der Waals surface area contributed by atoms with Crippen molar-refractivity contribution in [3.63, 3.8) is 0 Å². The van der Waals surface area contributed by atoms with Crippen LogP contribution in [0.1, 0.15) is 70.8 Å². The van der Waals surface area contributed by atoms with Crippen LogP contribution in [0, 0.1) is 18.8 Å². The number of H-pyrrole nitrogens is 1. The second-order valence-corrected chi connectivity index (χ2v) is 14.0. The second-order valence-electron chi connectivity index (χ2n) is 14.0. The van der Waals surface area contributed by atoms with Crippen LogP contribution in [-0.2, 0) is 35.2 Å². The number of aryl methyl sites for hydroxylation is 1. The van der Waals surface area contributed by atoms with Crippen molar-refractivity contribution in [1.82, 2.24) is 40.1 Å². The maximum Gasteiger partial charge on any atom is 0.410 e. The standard InChI is InChI=1S/C35H56N10O11/c1-6-15-44-27-30(39-20(4)40-32(27)52)45(34(44)53)33-29(28(50)23(18-46)55-33)56-35(54)43(5)16-14-38-31(51)21(10-7-8-13-36)17-22(47)26(19(2)3)41-24(48)11-9-12-25(49)42-37/h6,19,21,23,26,28-29,33,46,50H,1,7-18,36-37H2,2-5H3,(H,38,51)(H,41,48)(H,42,49)(H,39,40,52)/t21-,23-,26+,28-,29?,33-/m1/s1. The number of unbranched alkanes of at least 4 members (excludes halogenated alkanes) is 1. The highest BCUT2D eigenvalue weighted by atomic mass is 16.6. The summed E-state index contributed by atoms with van der Waals surface area (Å²) < 4.78 is 13.5. The van der Waals surface area contributed by atoms with Gasteiger partial charge in [-0.25, -0.2) is 25.0 Å². The number of fused-ring (bicyclic) bond motifs is 1. The van der Waals surface area contributed by atoms with Gasteiger partial charge in [0.15, 0.2) is 29.3 Å². The number of nitrogens with one attached hydrogen (secondary N) is 4. The lowest BCUT2D eigenvalue weighted by Gasteiger charge is -2.25. The first-order valence-electron chi connectivity index (χ1n) is 18.6. The lowest BCUT2D eigenvalue weighted by atomic mass is 9.89. The molecule has 10 N–H and O–H groups in total. The maximum absolute atomic E-state index is 13.6. The quantitative estimate of drug-likeness (QED) is 0.0214. The predicted octanol–water partition coefficient (Wildman–Crippen LogP) is -1.81. The van der Waals surface area contributed by atoms with E-state index >= 15 is 0 Å². The number of hydrazine groups is 1. The summed E-state index contributed by atoms with van der Waals surface area (Å²) in [7, 11) is 1.38. The zero-order valence-corrected chi connectivity index (χ0v) is 32.3. The summed E-state index contributed by atoms with van der Waals surface area (Å²) >= 11 is 0. The molecule has 21 heteroatoms. The Hall–Kier alpha value is -4.96. The molecule has 1 aliphatic rings. The van der Waals surface area contributed by atoms with Gasteiger partial charge in [0.05, 0.1) is 12.6 Å². The predicted molar refractivity (Wildman–Crippen MR) is 201 cm³/mol. The van der Waals surface area contributed by atoms with Crippen LogP contribution >= 0.6 is 0 Å². The Labute approximate surface area is 323 Å². The first-order valence-corrected chi connectivity index (χ1v) is 18.6. The van der Waals surface area contributed by atoms with Crippen LogP contribution in [0.2, 0.25) is 0 Å². The molecule has 1 fully saturated rings. The number of imidazole rings is 1. The summed E-state index contributed by atoms with van der Waals surface area (Å²) in [5.74, 6) is 2.60. The number of carbonyl (C=O) groups is 5. The molecule has 3 heterocycles. The molecule has 4 amide bonds. The summed E-state index contributed by atoms with van der Waals surface area (Å²) in [5, 5.41) is 26.4. The van der Waals surface area contributed by atoms with E-state index in [4.69, 9.17) is 21.1 Å². The number of rotatable bonds is 22. The summed E-state index contributed by atoms with van der Waals surface area (Å²) in [6.45, 7) is 8.18. The van der Waals surface area contributed by atoms with Crippen molar-refractivity contribution in [1.29, 1.82) is 0 Å². The Morgan fingerprint density at radius 1 is 1.14 bits per heavy atom. The number of allylic oxidation sites excluding steroid dienone is 1. The molecule has 0 aromatic carbocycles. The molecule has 0 spiro atoms. The lowest BCUT2D eigenvalue weighted by Crippen LogP contribution is -2.46. The molecule has 0 radical (unpaired) electrons. The van der Waals surface area contributed by atoms with E-state index in [0.717, 1.165) is 14.0 Å². The highest BCUT2D eigenvalue weighted by molar-refractivity contribution is 5.92. The number of aliphatic hydroxyl groups is 2. The van der Waals surface area contributed by atoms with Gasteiger partial charge in [-0.2, -0.15) is 0 Å².